The molecule has 37 heavy (non-hydrogen) atoms. The third kappa shape index (κ3) is 5.26. The van der Waals surface area contributed by atoms with Crippen LogP contribution in [0.3, 0.4) is 0 Å². The first-order valence-electron chi connectivity index (χ1n) is 12.1. The Morgan fingerprint density at radius 2 is 1.62 bits per heavy atom. The van der Waals surface area contributed by atoms with Gasteiger partial charge < -0.3 is 14.6 Å². The van der Waals surface area contributed by atoms with E-state index in [-0.39, 0.29) is 17.4 Å². The number of aliphatic hydroxyl groups excluding tert-OH is 1. The van der Waals surface area contributed by atoms with Gasteiger partial charge in [-0.1, -0.05) is 29.8 Å². The Balaban J connectivity index is 1.81. The van der Waals surface area contributed by atoms with E-state index in [2.05, 4.69) is 0 Å². The topological polar surface area (TPSA) is 93.1 Å². The molecule has 7 heteroatoms. The predicted octanol–water partition coefficient (Wildman–Crippen LogP) is 5.59. The van der Waals surface area contributed by atoms with Gasteiger partial charge in [0.1, 0.15) is 11.5 Å². The molecular weight excluding hydrogens is 470 g/mol. The number of nitrogens with zero attached hydrogens (tertiary/aromatic N) is 1. The molecule has 0 saturated carbocycles. The number of ketones is 1. The van der Waals surface area contributed by atoms with Crippen LogP contribution in [0.1, 0.15) is 53.9 Å². The molecule has 0 bridgehead atoms. The molecule has 190 valence electrons. The molecule has 0 radical (unpaired) electrons. The number of amides is 1. The van der Waals surface area contributed by atoms with Crippen LogP contribution in [0, 0.1) is 6.92 Å². The lowest BCUT2D eigenvalue weighted by Gasteiger charge is -2.26. The lowest BCUT2D eigenvalue weighted by molar-refractivity contribution is -0.132. The van der Waals surface area contributed by atoms with E-state index < -0.39 is 23.7 Å². The van der Waals surface area contributed by atoms with E-state index in [1.165, 1.54) is 4.90 Å². The van der Waals surface area contributed by atoms with E-state index in [1.807, 2.05) is 38.1 Å². The first-order valence-corrected chi connectivity index (χ1v) is 12.1. The molecule has 3 aromatic rings. The highest BCUT2D eigenvalue weighted by molar-refractivity contribution is 6.51. The minimum Gasteiger partial charge on any atom is -0.507 e. The van der Waals surface area contributed by atoms with Gasteiger partial charge in [0, 0.05) is 11.3 Å². The molecule has 1 aliphatic heterocycles. The zero-order chi connectivity index (χ0) is 26.7. The van der Waals surface area contributed by atoms with Crippen molar-refractivity contribution in [3.05, 3.63) is 101 Å². The lowest BCUT2D eigenvalue weighted by atomic mass is 9.94. The van der Waals surface area contributed by atoms with Crippen LogP contribution in [-0.4, -0.2) is 35.5 Å². The number of rotatable bonds is 7. The highest BCUT2D eigenvalue weighted by Crippen LogP contribution is 2.42. The van der Waals surface area contributed by atoms with Gasteiger partial charge in [-0.05, 0) is 81.8 Å². The molecule has 1 unspecified atom stereocenters. The molecule has 1 aliphatic rings. The first kappa shape index (κ1) is 25.7. The van der Waals surface area contributed by atoms with Gasteiger partial charge in [-0.15, -0.1) is 0 Å². The summed E-state index contributed by atoms with van der Waals surface area (Å²) in [7, 11) is 0. The van der Waals surface area contributed by atoms with Gasteiger partial charge in [0.05, 0.1) is 29.9 Å². The first-order chi connectivity index (χ1) is 17.7. The Hall–Kier alpha value is -4.39. The second kappa shape index (κ2) is 10.7. The molecule has 0 spiro atoms. The number of aliphatic hydroxyl groups is 1. The van der Waals surface area contributed by atoms with Crippen LogP contribution in [0.15, 0.2) is 78.4 Å². The van der Waals surface area contributed by atoms with E-state index in [0.717, 1.165) is 5.56 Å². The highest BCUT2D eigenvalue weighted by atomic mass is 16.5. The summed E-state index contributed by atoms with van der Waals surface area (Å²) in [6, 6.07) is 19.6. The largest absolute Gasteiger partial charge is 0.507 e. The molecule has 3 aromatic carbocycles. The maximum Gasteiger partial charge on any atom is 0.338 e. The average molecular weight is 500 g/mol. The van der Waals surface area contributed by atoms with Crippen molar-refractivity contribution in [3.8, 4) is 5.75 Å². The molecule has 4 rings (SSSR count). The number of carbonyl (C=O) groups is 3. The Morgan fingerprint density at radius 1 is 0.973 bits per heavy atom. The quantitative estimate of drug-likeness (QED) is 0.197. The smallest absolute Gasteiger partial charge is 0.338 e. The molecule has 1 amide bonds. The molecule has 1 heterocycles. The van der Waals surface area contributed by atoms with Gasteiger partial charge in [0.2, 0.25) is 0 Å². The van der Waals surface area contributed by atoms with Gasteiger partial charge >= 0.3 is 5.97 Å². The predicted molar refractivity (Wildman–Crippen MR) is 141 cm³/mol. The zero-order valence-corrected chi connectivity index (χ0v) is 21.2. The number of aryl methyl sites for hydroxylation is 1. The fourth-order valence-corrected chi connectivity index (χ4v) is 4.33. The molecule has 7 nitrogen and oxygen atoms in total. The Morgan fingerprint density at radius 3 is 2.22 bits per heavy atom. The lowest BCUT2D eigenvalue weighted by Crippen LogP contribution is -2.29. The monoisotopic (exact) mass is 499 g/mol. The minimum absolute atomic E-state index is 0.0111. The van der Waals surface area contributed by atoms with Crippen LogP contribution in [0.2, 0.25) is 0 Å². The number of hydrogen-bond acceptors (Lipinski definition) is 6. The van der Waals surface area contributed by atoms with Crippen LogP contribution in [-0.2, 0) is 14.3 Å². The summed E-state index contributed by atoms with van der Waals surface area (Å²) in [4.78, 5) is 40.3. The molecule has 1 N–H and O–H groups in total. The zero-order valence-electron chi connectivity index (χ0n) is 21.2. The van der Waals surface area contributed by atoms with Crippen molar-refractivity contribution in [3.63, 3.8) is 0 Å². The number of hydrogen-bond donors (Lipinski definition) is 1. The summed E-state index contributed by atoms with van der Waals surface area (Å²) >= 11 is 0. The van der Waals surface area contributed by atoms with E-state index in [1.54, 1.807) is 62.4 Å². The molecule has 0 aromatic heterocycles. The van der Waals surface area contributed by atoms with Crippen molar-refractivity contribution in [1.29, 1.82) is 0 Å². The number of Topliss-reactive ketones (excluding diaryl/α,β-unsaturated/α-hetero) is 1. The summed E-state index contributed by atoms with van der Waals surface area (Å²) < 4.78 is 10.7. The standard InChI is InChI=1S/C30H29NO6/c1-5-36-24-15-11-20(12-16-24)27(32)25-26(22-8-6-7-19(4)17-22)31(29(34)28(25)33)23-13-9-21(10-14-23)30(35)37-18(2)3/h6-18,26,32H,5H2,1-4H3/b27-25+. The second-order valence-electron chi connectivity index (χ2n) is 9.04. The average Bonchev–Trinajstić information content (AvgIpc) is 3.14. The molecular formula is C30H29NO6. The summed E-state index contributed by atoms with van der Waals surface area (Å²) in [5, 5.41) is 11.3. The van der Waals surface area contributed by atoms with Gasteiger partial charge in [-0.2, -0.15) is 0 Å². The van der Waals surface area contributed by atoms with Crippen LogP contribution in [0.4, 0.5) is 5.69 Å². The Labute approximate surface area is 215 Å². The normalized spacial score (nSPS) is 16.8. The number of esters is 1. The van der Waals surface area contributed by atoms with Crippen molar-refractivity contribution in [2.45, 2.75) is 39.8 Å². The number of benzene rings is 3. The number of ether oxygens (including phenoxy) is 2. The minimum atomic E-state index is -0.861. The van der Waals surface area contributed by atoms with Crippen molar-refractivity contribution in [2.75, 3.05) is 11.5 Å². The third-order valence-corrected chi connectivity index (χ3v) is 5.96. The van der Waals surface area contributed by atoms with E-state index in [9.17, 15) is 19.5 Å². The summed E-state index contributed by atoms with van der Waals surface area (Å²) in [6.45, 7) is 7.81. The van der Waals surface area contributed by atoms with Gasteiger partial charge in [0.15, 0.2) is 0 Å². The fourth-order valence-electron chi connectivity index (χ4n) is 4.33. The van der Waals surface area contributed by atoms with Crippen molar-refractivity contribution < 1.29 is 29.0 Å². The second-order valence-corrected chi connectivity index (χ2v) is 9.04. The van der Waals surface area contributed by atoms with E-state index in [0.29, 0.717) is 34.7 Å². The van der Waals surface area contributed by atoms with Crippen LogP contribution >= 0.6 is 0 Å². The van der Waals surface area contributed by atoms with Gasteiger partial charge in [-0.3, -0.25) is 14.5 Å². The number of anilines is 1. The summed E-state index contributed by atoms with van der Waals surface area (Å²) in [5.41, 5.74) is 2.75. The fraction of sp³-hybridized carbons (Fsp3) is 0.233. The SMILES string of the molecule is CCOc1ccc(/C(O)=C2\C(=O)C(=O)N(c3ccc(C(=O)OC(C)C)cc3)C2c2cccc(C)c2)cc1. The van der Waals surface area contributed by atoms with E-state index >= 15 is 0 Å². The maximum atomic E-state index is 13.3. The molecule has 1 saturated heterocycles. The van der Waals surface area contributed by atoms with Gasteiger partial charge in [-0.25, -0.2) is 4.79 Å². The van der Waals surface area contributed by atoms with Crippen molar-refractivity contribution in [1.82, 2.24) is 0 Å². The van der Waals surface area contributed by atoms with Crippen LogP contribution in [0.25, 0.3) is 5.76 Å². The molecule has 0 aliphatic carbocycles. The highest BCUT2D eigenvalue weighted by Gasteiger charge is 2.47. The van der Waals surface area contributed by atoms with Crippen LogP contribution < -0.4 is 9.64 Å². The molecule has 1 atom stereocenters. The third-order valence-electron chi connectivity index (χ3n) is 5.96. The summed E-state index contributed by atoms with van der Waals surface area (Å²) in [6.07, 6.45) is -0.270. The van der Waals surface area contributed by atoms with Crippen molar-refractivity contribution >= 4 is 29.1 Å². The Bertz CT molecular complexity index is 1360. The van der Waals surface area contributed by atoms with Gasteiger partial charge in [0.25, 0.3) is 11.7 Å². The summed E-state index contributed by atoms with van der Waals surface area (Å²) in [5.74, 6) is -1.68. The van der Waals surface area contributed by atoms with Crippen molar-refractivity contribution in [2.24, 2.45) is 0 Å². The van der Waals surface area contributed by atoms with Crippen LogP contribution in [0.5, 0.6) is 5.75 Å². The Kier molecular flexibility index (Phi) is 7.43. The van der Waals surface area contributed by atoms with E-state index in [4.69, 9.17) is 9.47 Å². The maximum absolute atomic E-state index is 13.3. The molecule has 1 fully saturated rings. The number of carbonyl (C=O) groups excluding carboxylic acids is 3.